The van der Waals surface area contributed by atoms with Crippen molar-refractivity contribution < 1.29 is 0 Å². The highest BCUT2D eigenvalue weighted by atomic mass is 14.8. The zero-order valence-corrected chi connectivity index (χ0v) is 6.73. The molecule has 1 heteroatoms. The largest absolute Gasteiger partial charge is 0.365 e. The summed E-state index contributed by atoms with van der Waals surface area (Å²) in [4.78, 5) is 0. The van der Waals surface area contributed by atoms with Gasteiger partial charge in [-0.3, -0.25) is 0 Å². The summed E-state index contributed by atoms with van der Waals surface area (Å²) in [5, 5.41) is 3.17. The van der Waals surface area contributed by atoms with Gasteiger partial charge < -0.3 is 5.32 Å². The minimum Gasteiger partial charge on any atom is -0.365 e. The molecular weight excluding hydrogens is 122 g/mol. The van der Waals surface area contributed by atoms with Crippen molar-refractivity contribution in [1.82, 2.24) is 5.32 Å². The first kappa shape index (κ1) is 7.13. The molecule has 0 bridgehead atoms. The quantitative estimate of drug-likeness (QED) is 0.537. The van der Waals surface area contributed by atoms with Crippen molar-refractivity contribution in [2.45, 2.75) is 20.8 Å². The van der Waals surface area contributed by atoms with E-state index in [0.717, 1.165) is 0 Å². The molecule has 1 nitrogen and oxygen atoms in total. The Hall–Kier alpha value is -0.980. The minimum absolute atomic E-state index is 1.24. The average molecular weight is 135 g/mol. The Kier molecular flexibility index (Phi) is 1.95. The van der Waals surface area contributed by atoms with Crippen LogP contribution in [0.4, 0.5) is 0 Å². The third kappa shape index (κ3) is 1.29. The summed E-state index contributed by atoms with van der Waals surface area (Å²) in [6.45, 7) is 6.33. The molecule has 0 fully saturated rings. The molecule has 0 saturated heterocycles. The molecule has 0 aromatic carbocycles. The van der Waals surface area contributed by atoms with Crippen LogP contribution in [0.15, 0.2) is 35.2 Å². The van der Waals surface area contributed by atoms with E-state index in [1.54, 1.807) is 0 Å². The summed E-state index contributed by atoms with van der Waals surface area (Å²) in [6.07, 6.45) is 6.09. The van der Waals surface area contributed by atoms with Crippen molar-refractivity contribution in [3.05, 3.63) is 35.2 Å². The third-order valence-corrected chi connectivity index (χ3v) is 1.90. The fraction of sp³-hybridized carbons (Fsp3) is 0.333. The van der Waals surface area contributed by atoms with E-state index in [4.69, 9.17) is 0 Å². The number of nitrogens with one attached hydrogen (secondary N) is 1. The first-order valence-corrected chi connectivity index (χ1v) is 3.49. The molecule has 0 aliphatic carbocycles. The van der Waals surface area contributed by atoms with Crippen LogP contribution in [0, 0.1) is 0 Å². The normalized spacial score (nSPS) is 18.1. The predicted molar refractivity (Wildman–Crippen MR) is 44.4 cm³/mol. The minimum atomic E-state index is 1.24. The van der Waals surface area contributed by atoms with Gasteiger partial charge in [0.2, 0.25) is 0 Å². The summed E-state index contributed by atoms with van der Waals surface area (Å²) < 4.78 is 0. The van der Waals surface area contributed by atoms with Crippen LogP contribution < -0.4 is 5.32 Å². The van der Waals surface area contributed by atoms with Gasteiger partial charge in [0.1, 0.15) is 0 Å². The highest BCUT2D eigenvalue weighted by molar-refractivity contribution is 5.35. The second kappa shape index (κ2) is 2.74. The molecular formula is C9H13N. The summed E-state index contributed by atoms with van der Waals surface area (Å²) >= 11 is 0. The van der Waals surface area contributed by atoms with Gasteiger partial charge in [0.25, 0.3) is 0 Å². The highest BCUT2D eigenvalue weighted by Crippen LogP contribution is 2.13. The zero-order valence-electron chi connectivity index (χ0n) is 6.73. The number of hydrogen-bond acceptors (Lipinski definition) is 1. The molecule has 0 unspecified atom stereocenters. The molecule has 1 aliphatic rings. The third-order valence-electron chi connectivity index (χ3n) is 1.90. The van der Waals surface area contributed by atoms with E-state index in [9.17, 15) is 0 Å². The molecule has 0 saturated carbocycles. The number of hydrogen-bond donors (Lipinski definition) is 1. The van der Waals surface area contributed by atoms with E-state index in [2.05, 4.69) is 32.2 Å². The van der Waals surface area contributed by atoms with Crippen molar-refractivity contribution in [2.75, 3.05) is 0 Å². The summed E-state index contributed by atoms with van der Waals surface area (Å²) in [5.74, 6) is 0. The topological polar surface area (TPSA) is 12.0 Å². The van der Waals surface area contributed by atoms with E-state index >= 15 is 0 Å². The van der Waals surface area contributed by atoms with Gasteiger partial charge >= 0.3 is 0 Å². The van der Waals surface area contributed by atoms with Crippen LogP contribution in [0.3, 0.4) is 0 Å². The number of rotatable bonds is 0. The Labute approximate surface area is 62.1 Å². The Bertz CT molecular complexity index is 213. The molecule has 10 heavy (non-hydrogen) atoms. The van der Waals surface area contributed by atoms with Gasteiger partial charge in [0.15, 0.2) is 0 Å². The summed E-state index contributed by atoms with van der Waals surface area (Å²) in [5.41, 5.74) is 3.91. The first-order chi connectivity index (χ1) is 4.72. The second-order valence-corrected chi connectivity index (χ2v) is 2.60. The molecule has 1 aliphatic heterocycles. The van der Waals surface area contributed by atoms with Crippen LogP contribution >= 0.6 is 0 Å². The molecule has 0 radical (unpaired) electrons. The molecule has 0 aromatic heterocycles. The monoisotopic (exact) mass is 135 g/mol. The maximum atomic E-state index is 3.17. The molecule has 0 spiro atoms. The Morgan fingerprint density at radius 2 is 1.90 bits per heavy atom. The smallest absolute Gasteiger partial charge is 0.0147 e. The van der Waals surface area contributed by atoms with E-state index in [1.165, 1.54) is 16.8 Å². The van der Waals surface area contributed by atoms with Crippen LogP contribution in [0.25, 0.3) is 0 Å². The number of allylic oxidation sites excluding steroid dienone is 5. The molecule has 0 amide bonds. The van der Waals surface area contributed by atoms with Gasteiger partial charge in [-0.25, -0.2) is 0 Å². The summed E-state index contributed by atoms with van der Waals surface area (Å²) in [7, 11) is 0. The van der Waals surface area contributed by atoms with Crippen LogP contribution in [0.1, 0.15) is 20.8 Å². The Morgan fingerprint density at radius 3 is 2.60 bits per heavy atom. The molecule has 0 atom stereocenters. The van der Waals surface area contributed by atoms with Gasteiger partial charge in [-0.2, -0.15) is 0 Å². The predicted octanol–water partition coefficient (Wildman–Crippen LogP) is 2.34. The lowest BCUT2D eigenvalue weighted by atomic mass is 10.1. The average Bonchev–Trinajstić information content (AvgIpc) is 2.04. The second-order valence-electron chi connectivity index (χ2n) is 2.60. The molecule has 54 valence electrons. The molecule has 0 aromatic rings. The lowest BCUT2D eigenvalue weighted by Crippen LogP contribution is -2.02. The highest BCUT2D eigenvalue weighted by Gasteiger charge is 1.98. The van der Waals surface area contributed by atoms with Gasteiger partial charge in [-0.1, -0.05) is 6.08 Å². The van der Waals surface area contributed by atoms with E-state index in [1.807, 2.05) is 12.3 Å². The van der Waals surface area contributed by atoms with Crippen molar-refractivity contribution in [1.29, 1.82) is 0 Å². The van der Waals surface area contributed by atoms with Crippen molar-refractivity contribution in [3.8, 4) is 0 Å². The van der Waals surface area contributed by atoms with E-state index < -0.39 is 0 Å². The van der Waals surface area contributed by atoms with Gasteiger partial charge in [-0.15, -0.1) is 0 Å². The van der Waals surface area contributed by atoms with Crippen molar-refractivity contribution in [2.24, 2.45) is 0 Å². The molecule has 1 N–H and O–H groups in total. The fourth-order valence-electron chi connectivity index (χ4n) is 0.895. The van der Waals surface area contributed by atoms with Crippen LogP contribution in [0.5, 0.6) is 0 Å². The Morgan fingerprint density at radius 1 is 1.20 bits per heavy atom. The van der Waals surface area contributed by atoms with Crippen molar-refractivity contribution in [3.63, 3.8) is 0 Å². The lowest BCUT2D eigenvalue weighted by molar-refractivity contribution is 1.03. The first-order valence-electron chi connectivity index (χ1n) is 3.49. The van der Waals surface area contributed by atoms with Crippen LogP contribution in [0.2, 0.25) is 0 Å². The van der Waals surface area contributed by atoms with Gasteiger partial charge in [-0.05, 0) is 38.0 Å². The zero-order chi connectivity index (χ0) is 7.56. The standard InChI is InChI=1S/C9H13N/c1-7-5-4-6-10-9(3)8(7)2/h4-6,10H,1-3H3. The summed E-state index contributed by atoms with van der Waals surface area (Å²) in [6, 6.07) is 0. The molecule has 1 heterocycles. The maximum absolute atomic E-state index is 3.17. The SMILES string of the molecule is CC1=CC=CNC(C)=C1C. The lowest BCUT2D eigenvalue weighted by Gasteiger charge is -2.04. The molecule has 1 rings (SSSR count). The maximum Gasteiger partial charge on any atom is 0.0147 e. The van der Waals surface area contributed by atoms with Crippen molar-refractivity contribution >= 4 is 0 Å². The van der Waals surface area contributed by atoms with E-state index in [0.29, 0.717) is 0 Å². The fourth-order valence-corrected chi connectivity index (χ4v) is 0.895. The van der Waals surface area contributed by atoms with Gasteiger partial charge in [0.05, 0.1) is 0 Å². The van der Waals surface area contributed by atoms with Crippen LogP contribution in [-0.4, -0.2) is 0 Å². The van der Waals surface area contributed by atoms with Crippen LogP contribution in [-0.2, 0) is 0 Å². The van der Waals surface area contributed by atoms with E-state index in [-0.39, 0.29) is 0 Å². The Balaban J connectivity index is 3.00. The van der Waals surface area contributed by atoms with Gasteiger partial charge in [0, 0.05) is 11.9 Å².